The fraction of sp³-hybridized carbons (Fsp3) is 0.961. The summed E-state index contributed by atoms with van der Waals surface area (Å²) in [4.78, 5) is 0. The number of allylic oxidation sites excluding steroid dienone is 1. The third-order valence-corrected chi connectivity index (χ3v) is 19.8. The molecule has 6 saturated heterocycles. The number of ether oxygens (including phenoxy) is 10. The number of rotatable bonds is 11. The van der Waals surface area contributed by atoms with Gasteiger partial charge in [0.2, 0.25) is 0 Å². The Morgan fingerprint density at radius 1 is 0.575 bits per heavy atom. The van der Waals surface area contributed by atoms with E-state index in [4.69, 9.17) is 47.4 Å². The van der Waals surface area contributed by atoms with Gasteiger partial charge in [-0.05, 0) is 98.7 Å². The van der Waals surface area contributed by atoms with Gasteiger partial charge in [-0.2, -0.15) is 0 Å². The predicted octanol–water partition coefficient (Wildman–Crippen LogP) is -1.96. The van der Waals surface area contributed by atoms with E-state index >= 15 is 0 Å². The summed E-state index contributed by atoms with van der Waals surface area (Å²) >= 11 is 0. The monoisotopic (exact) mass is 1050 g/mol. The number of fused-ring (bicyclic) bond motifs is 7. The maximum absolute atomic E-state index is 12.3. The normalized spacial score (nSPS) is 57.1. The third kappa shape index (κ3) is 9.42. The maximum atomic E-state index is 12.3. The first kappa shape index (κ1) is 55.2. The van der Waals surface area contributed by atoms with E-state index < -0.39 is 155 Å². The summed E-state index contributed by atoms with van der Waals surface area (Å²) in [5.74, 6) is 2.32. The van der Waals surface area contributed by atoms with Gasteiger partial charge in [-0.1, -0.05) is 39.3 Å². The first-order valence-corrected chi connectivity index (χ1v) is 26.9. The molecule has 6 aliphatic heterocycles. The molecule has 9 fully saturated rings. The quantitative estimate of drug-likeness (QED) is 0.1000. The van der Waals surface area contributed by atoms with Crippen LogP contribution in [-0.2, 0) is 47.4 Å². The summed E-state index contributed by atoms with van der Waals surface area (Å²) in [7, 11) is 0. The van der Waals surface area contributed by atoms with Gasteiger partial charge in [-0.15, -0.1) is 0 Å². The molecule has 6 heterocycles. The van der Waals surface area contributed by atoms with Gasteiger partial charge in [0.25, 0.3) is 0 Å². The van der Waals surface area contributed by atoms with E-state index in [9.17, 15) is 61.3 Å². The average molecular weight is 1050 g/mol. The first-order chi connectivity index (χ1) is 34.7. The molecule has 1 spiro atoms. The van der Waals surface area contributed by atoms with Crippen LogP contribution in [0.25, 0.3) is 0 Å². The van der Waals surface area contributed by atoms with Crippen LogP contribution in [0.3, 0.4) is 0 Å². The second-order valence-corrected chi connectivity index (χ2v) is 23.9. The van der Waals surface area contributed by atoms with Gasteiger partial charge in [-0.25, -0.2) is 0 Å². The molecule has 3 saturated carbocycles. The van der Waals surface area contributed by atoms with E-state index in [1.54, 1.807) is 0 Å². The number of aliphatic hydroxyl groups excluding tert-OH is 12. The Labute approximate surface area is 425 Å². The minimum Gasteiger partial charge on any atom is -0.394 e. The van der Waals surface area contributed by atoms with Gasteiger partial charge in [0.15, 0.2) is 30.9 Å². The van der Waals surface area contributed by atoms with Crippen molar-refractivity contribution in [3.63, 3.8) is 0 Å². The lowest BCUT2D eigenvalue weighted by molar-refractivity contribution is -0.396. The lowest BCUT2D eigenvalue weighted by Crippen LogP contribution is -2.68. The lowest BCUT2D eigenvalue weighted by atomic mass is 9.47. The lowest BCUT2D eigenvalue weighted by Gasteiger charge is -2.59. The summed E-state index contributed by atoms with van der Waals surface area (Å²) in [5, 5.41) is 130. The van der Waals surface area contributed by atoms with Crippen molar-refractivity contribution in [3.05, 3.63) is 11.6 Å². The van der Waals surface area contributed by atoms with Crippen molar-refractivity contribution in [3.8, 4) is 0 Å². The van der Waals surface area contributed by atoms with Gasteiger partial charge in [0.1, 0.15) is 91.6 Å². The molecule has 0 aromatic heterocycles. The van der Waals surface area contributed by atoms with E-state index in [0.29, 0.717) is 48.3 Å². The molecule has 10 rings (SSSR count). The van der Waals surface area contributed by atoms with Crippen LogP contribution in [-0.4, -0.2) is 229 Å². The summed E-state index contributed by atoms with van der Waals surface area (Å²) < 4.78 is 61.8. The zero-order valence-corrected chi connectivity index (χ0v) is 42.4. The van der Waals surface area contributed by atoms with Gasteiger partial charge in [-0.3, -0.25) is 0 Å². The summed E-state index contributed by atoms with van der Waals surface area (Å²) in [6.45, 7) is 9.28. The summed E-state index contributed by atoms with van der Waals surface area (Å²) in [5.41, 5.74) is 1.35. The minimum atomic E-state index is -2.00. The molecular weight excluding hydrogens is 965 g/mol. The molecule has 0 aromatic carbocycles. The van der Waals surface area contributed by atoms with Crippen LogP contribution in [0.5, 0.6) is 0 Å². The molecule has 12 N–H and O–H groups in total. The highest BCUT2D eigenvalue weighted by molar-refractivity contribution is 5.26. The Morgan fingerprint density at radius 2 is 1.19 bits per heavy atom. The molecule has 4 aliphatic carbocycles. The van der Waals surface area contributed by atoms with Gasteiger partial charge < -0.3 is 109 Å². The van der Waals surface area contributed by atoms with Crippen LogP contribution in [0.2, 0.25) is 0 Å². The van der Waals surface area contributed by atoms with Gasteiger partial charge in [0, 0.05) is 12.3 Å². The van der Waals surface area contributed by atoms with Crippen LogP contribution in [0.15, 0.2) is 11.6 Å². The Balaban J connectivity index is 0.857. The Morgan fingerprint density at radius 3 is 1.86 bits per heavy atom. The van der Waals surface area contributed by atoms with Crippen molar-refractivity contribution >= 4 is 0 Å². The van der Waals surface area contributed by atoms with Crippen LogP contribution in [0.1, 0.15) is 92.4 Å². The number of hydrogen-bond acceptors (Lipinski definition) is 22. The molecule has 0 radical (unpaired) electrons. The molecule has 0 bridgehead atoms. The molecule has 0 aromatic rings. The molecule has 0 amide bonds. The maximum Gasteiger partial charge on any atom is 0.187 e. The molecule has 22 heteroatoms. The highest BCUT2D eigenvalue weighted by Crippen LogP contribution is 2.71. The van der Waals surface area contributed by atoms with Crippen LogP contribution >= 0.6 is 0 Å². The van der Waals surface area contributed by atoms with E-state index in [2.05, 4.69) is 33.8 Å². The smallest absolute Gasteiger partial charge is 0.187 e. The first-order valence-electron chi connectivity index (χ1n) is 26.9. The standard InChI is InChI=1S/C51H82O22/c1-20-8-13-51(64-19-20)21(2)32-28(73-51)15-27-25-7-6-23-14-24(9-11-49(23,4)26(25)10-12-50(27,32)5)66-48-44(72-45-38(60)36(58)33(55)22(3)65-45)40(62)42(31(18-54)69-48)70-47-41(63)43(35(57)30(17-53)68-47)71-46-39(61)37(59)34(56)29(16-52)67-46/h6,20-22,24-48,52-63H,7-19H2,1-5H3/t20-,21-,22-,24-,25+,26-,27-,28-,29+,30+,31+,32-,33-,34+,35+,36+,37-,38+,39+,40-,41+,42+,43-,44+,45-,46-,47-,48+,49-,50-,51+/m0/s1. The number of aliphatic hydroxyl groups is 12. The Hall–Kier alpha value is -1.14. The fourth-order valence-corrected chi connectivity index (χ4v) is 15.5. The molecule has 10 aliphatic rings. The van der Waals surface area contributed by atoms with Crippen molar-refractivity contribution in [2.45, 2.75) is 233 Å². The molecule has 31 atom stereocenters. The van der Waals surface area contributed by atoms with E-state index in [1.165, 1.54) is 12.5 Å². The second-order valence-electron chi connectivity index (χ2n) is 23.9. The third-order valence-electron chi connectivity index (χ3n) is 19.8. The van der Waals surface area contributed by atoms with E-state index in [-0.39, 0.29) is 16.9 Å². The van der Waals surface area contributed by atoms with Crippen LogP contribution in [0, 0.1) is 46.3 Å². The molecule has 73 heavy (non-hydrogen) atoms. The zero-order chi connectivity index (χ0) is 52.2. The largest absolute Gasteiger partial charge is 0.394 e. The average Bonchev–Trinajstić information content (AvgIpc) is 3.82. The van der Waals surface area contributed by atoms with E-state index in [0.717, 1.165) is 51.6 Å². The highest BCUT2D eigenvalue weighted by Gasteiger charge is 2.69. The SMILES string of the molecule is C[C@H]1CC[C@@]2(OC1)O[C@H]1C[C@H]3[C@@H]4CC=C5C[C@@H](O[C@@H]6O[C@H](CO)[C@@H](O[C@@H]7O[C@H](CO)[C@@H](O)[C@H](O[C@@H]8O[C@H](CO)[C@@H](O)[C@H](O)[C@H]8O)[C@H]7O)[C@H](O)[C@H]6O[C@@H]6O[C@@H](C)[C@H](O)[C@@H](O)[C@H]6O)CC[C@]5(C)[C@H]4CC[C@]3(C)[C@H]1[C@@H]2C. The molecule has 418 valence electrons. The van der Waals surface area contributed by atoms with Crippen molar-refractivity contribution in [2.75, 3.05) is 26.4 Å². The topological polar surface area (TPSA) is 335 Å². The fourth-order valence-electron chi connectivity index (χ4n) is 15.5. The van der Waals surface area contributed by atoms with Crippen molar-refractivity contribution < 1.29 is 109 Å². The van der Waals surface area contributed by atoms with Crippen molar-refractivity contribution in [2.24, 2.45) is 46.3 Å². The van der Waals surface area contributed by atoms with E-state index in [1.807, 2.05) is 0 Å². The van der Waals surface area contributed by atoms with Gasteiger partial charge >= 0.3 is 0 Å². The van der Waals surface area contributed by atoms with Crippen LogP contribution < -0.4 is 0 Å². The molecule has 0 unspecified atom stereocenters. The summed E-state index contributed by atoms with van der Waals surface area (Å²) in [6.07, 6.45) is -23.0. The second kappa shape index (κ2) is 21.2. The zero-order valence-electron chi connectivity index (χ0n) is 42.4. The predicted molar refractivity (Wildman–Crippen MR) is 247 cm³/mol. The highest BCUT2D eigenvalue weighted by atomic mass is 16.8. The van der Waals surface area contributed by atoms with Gasteiger partial charge in [0.05, 0.1) is 44.7 Å². The minimum absolute atomic E-state index is 0.0914. The number of hydrogen-bond donors (Lipinski definition) is 12. The van der Waals surface area contributed by atoms with Crippen molar-refractivity contribution in [1.29, 1.82) is 0 Å². The molecular formula is C51H82O22. The van der Waals surface area contributed by atoms with Crippen LogP contribution in [0.4, 0.5) is 0 Å². The summed E-state index contributed by atoms with van der Waals surface area (Å²) in [6, 6.07) is 0. The Kier molecular flexibility index (Phi) is 16.0. The molecule has 22 nitrogen and oxygen atoms in total. The van der Waals surface area contributed by atoms with Crippen molar-refractivity contribution in [1.82, 2.24) is 0 Å². The Bertz CT molecular complexity index is 1920.